The van der Waals surface area contributed by atoms with Crippen LogP contribution >= 0.6 is 0 Å². The van der Waals surface area contributed by atoms with E-state index in [0.29, 0.717) is 32.4 Å². The summed E-state index contributed by atoms with van der Waals surface area (Å²) in [6.07, 6.45) is 2.58. The number of amides is 3. The molecule has 0 bridgehead atoms. The Bertz CT molecular complexity index is 319. The molecule has 4 N–H and O–H groups in total. The molecule has 18 heavy (non-hydrogen) atoms. The van der Waals surface area contributed by atoms with Crippen LogP contribution in [0.15, 0.2) is 0 Å². The molecule has 1 saturated heterocycles. The molecule has 0 spiro atoms. The number of urea groups is 1. The van der Waals surface area contributed by atoms with Gasteiger partial charge in [-0.05, 0) is 19.3 Å². The summed E-state index contributed by atoms with van der Waals surface area (Å²) in [6.45, 7) is 0.878. The van der Waals surface area contributed by atoms with Gasteiger partial charge in [-0.2, -0.15) is 0 Å². The Labute approximate surface area is 105 Å². The van der Waals surface area contributed by atoms with E-state index in [0.717, 1.165) is 6.42 Å². The Hall–Kier alpha value is -1.79. The molecule has 3 amide bonds. The normalized spacial score (nSPS) is 18.2. The second kappa shape index (κ2) is 7.52. The van der Waals surface area contributed by atoms with Crippen LogP contribution in [0.3, 0.4) is 0 Å². The van der Waals surface area contributed by atoms with Crippen LogP contribution in [0.4, 0.5) is 4.79 Å². The highest BCUT2D eigenvalue weighted by atomic mass is 16.4. The second-order valence-corrected chi connectivity index (χ2v) is 4.29. The van der Waals surface area contributed by atoms with Crippen molar-refractivity contribution in [2.75, 3.05) is 13.1 Å². The van der Waals surface area contributed by atoms with E-state index < -0.39 is 5.97 Å². The van der Waals surface area contributed by atoms with Crippen LogP contribution in [0.25, 0.3) is 0 Å². The molecule has 0 aromatic rings. The molecular formula is C11H19N3O4. The molecule has 102 valence electrons. The molecule has 0 aromatic heterocycles. The van der Waals surface area contributed by atoms with Crippen LogP contribution in [-0.4, -0.2) is 42.1 Å². The van der Waals surface area contributed by atoms with Gasteiger partial charge in [0.2, 0.25) is 5.91 Å². The number of nitrogens with one attached hydrogen (secondary N) is 3. The van der Waals surface area contributed by atoms with Crippen LogP contribution in [0.2, 0.25) is 0 Å². The molecular weight excluding hydrogens is 238 g/mol. The van der Waals surface area contributed by atoms with Crippen molar-refractivity contribution in [3.05, 3.63) is 0 Å². The molecule has 7 heteroatoms. The van der Waals surface area contributed by atoms with Gasteiger partial charge in [-0.1, -0.05) is 0 Å². The standard InChI is InChI=1S/C11H19N3O4/c15-9-5-4-8(14-9)7-13-11(18)12-6-2-1-3-10(16)17/h8H,1-7H2,(H,14,15)(H,16,17)(H2,12,13,18). The van der Waals surface area contributed by atoms with Gasteiger partial charge < -0.3 is 21.1 Å². The fourth-order valence-electron chi connectivity index (χ4n) is 1.71. The lowest BCUT2D eigenvalue weighted by molar-refractivity contribution is -0.137. The van der Waals surface area contributed by atoms with Crippen molar-refractivity contribution in [3.63, 3.8) is 0 Å². The first-order chi connectivity index (χ1) is 8.58. The average molecular weight is 257 g/mol. The fourth-order valence-corrected chi connectivity index (χ4v) is 1.71. The molecule has 0 aliphatic carbocycles. The Morgan fingerprint density at radius 3 is 2.72 bits per heavy atom. The van der Waals surface area contributed by atoms with E-state index in [2.05, 4.69) is 16.0 Å². The van der Waals surface area contributed by atoms with E-state index in [-0.39, 0.29) is 24.4 Å². The molecule has 1 rings (SSSR count). The van der Waals surface area contributed by atoms with Crippen LogP contribution in [0, 0.1) is 0 Å². The summed E-state index contributed by atoms with van der Waals surface area (Å²) >= 11 is 0. The van der Waals surface area contributed by atoms with E-state index in [4.69, 9.17) is 5.11 Å². The van der Waals surface area contributed by atoms with Crippen LogP contribution in [-0.2, 0) is 9.59 Å². The molecule has 1 aliphatic rings. The highest BCUT2D eigenvalue weighted by molar-refractivity contribution is 5.79. The van der Waals surface area contributed by atoms with Gasteiger partial charge in [-0.15, -0.1) is 0 Å². The van der Waals surface area contributed by atoms with Crippen molar-refractivity contribution in [1.82, 2.24) is 16.0 Å². The van der Waals surface area contributed by atoms with Crippen LogP contribution in [0.5, 0.6) is 0 Å². The largest absolute Gasteiger partial charge is 0.481 e. The molecule has 1 fully saturated rings. The summed E-state index contributed by atoms with van der Waals surface area (Å²) in [5.41, 5.74) is 0. The number of rotatable bonds is 7. The minimum atomic E-state index is -0.823. The van der Waals surface area contributed by atoms with Crippen molar-refractivity contribution in [1.29, 1.82) is 0 Å². The maximum atomic E-state index is 11.3. The molecule has 7 nitrogen and oxygen atoms in total. The van der Waals surface area contributed by atoms with Gasteiger partial charge in [-0.3, -0.25) is 9.59 Å². The minimum Gasteiger partial charge on any atom is -0.481 e. The third-order valence-electron chi connectivity index (χ3n) is 2.70. The smallest absolute Gasteiger partial charge is 0.314 e. The van der Waals surface area contributed by atoms with Crippen molar-refractivity contribution < 1.29 is 19.5 Å². The lowest BCUT2D eigenvalue weighted by Crippen LogP contribution is -2.43. The van der Waals surface area contributed by atoms with Crippen molar-refractivity contribution >= 4 is 17.9 Å². The maximum Gasteiger partial charge on any atom is 0.314 e. The zero-order valence-corrected chi connectivity index (χ0v) is 10.2. The first-order valence-corrected chi connectivity index (χ1v) is 6.11. The predicted octanol–water partition coefficient (Wildman–Crippen LogP) is -0.181. The lowest BCUT2D eigenvalue weighted by Gasteiger charge is -2.12. The second-order valence-electron chi connectivity index (χ2n) is 4.29. The zero-order chi connectivity index (χ0) is 13.4. The van der Waals surface area contributed by atoms with Gasteiger partial charge in [0, 0.05) is 32.0 Å². The highest BCUT2D eigenvalue weighted by Gasteiger charge is 2.20. The van der Waals surface area contributed by atoms with Crippen LogP contribution in [0.1, 0.15) is 32.1 Å². The van der Waals surface area contributed by atoms with Gasteiger partial charge in [-0.25, -0.2) is 4.79 Å². The van der Waals surface area contributed by atoms with Crippen LogP contribution < -0.4 is 16.0 Å². The Kier molecular flexibility index (Phi) is 5.96. The number of carboxylic acid groups (broad SMARTS) is 1. The monoisotopic (exact) mass is 257 g/mol. The van der Waals surface area contributed by atoms with Crippen molar-refractivity contribution in [2.45, 2.75) is 38.1 Å². The van der Waals surface area contributed by atoms with Crippen molar-refractivity contribution in [2.24, 2.45) is 0 Å². The number of hydrogen-bond donors (Lipinski definition) is 4. The van der Waals surface area contributed by atoms with Gasteiger partial charge in [0.25, 0.3) is 0 Å². The number of aliphatic carboxylic acids is 1. The summed E-state index contributed by atoms with van der Waals surface area (Å²) in [5.74, 6) is -0.799. The SMILES string of the molecule is O=C(O)CCCCNC(=O)NCC1CCC(=O)N1. The maximum absolute atomic E-state index is 11.3. The number of carboxylic acids is 1. The fraction of sp³-hybridized carbons (Fsp3) is 0.727. The number of hydrogen-bond acceptors (Lipinski definition) is 3. The van der Waals surface area contributed by atoms with Gasteiger partial charge >= 0.3 is 12.0 Å². The van der Waals surface area contributed by atoms with E-state index in [1.165, 1.54) is 0 Å². The summed E-state index contributed by atoms with van der Waals surface area (Å²) in [4.78, 5) is 32.5. The molecule has 1 aliphatic heterocycles. The predicted molar refractivity (Wildman–Crippen MR) is 64.1 cm³/mol. The summed E-state index contributed by atoms with van der Waals surface area (Å²) < 4.78 is 0. The zero-order valence-electron chi connectivity index (χ0n) is 10.2. The Morgan fingerprint density at radius 1 is 1.33 bits per heavy atom. The Balaban J connectivity index is 1.97. The first-order valence-electron chi connectivity index (χ1n) is 6.11. The first kappa shape index (κ1) is 14.3. The Morgan fingerprint density at radius 2 is 2.11 bits per heavy atom. The van der Waals surface area contributed by atoms with Gasteiger partial charge in [0.05, 0.1) is 0 Å². The summed E-state index contributed by atoms with van der Waals surface area (Å²) in [5, 5.41) is 16.5. The third kappa shape index (κ3) is 6.07. The van der Waals surface area contributed by atoms with Gasteiger partial charge in [0.1, 0.15) is 0 Å². The van der Waals surface area contributed by atoms with E-state index in [1.54, 1.807) is 0 Å². The topological polar surface area (TPSA) is 108 Å². The number of carbonyl (C=O) groups excluding carboxylic acids is 2. The van der Waals surface area contributed by atoms with Crippen molar-refractivity contribution in [3.8, 4) is 0 Å². The number of unbranched alkanes of at least 4 members (excludes halogenated alkanes) is 1. The molecule has 1 heterocycles. The van der Waals surface area contributed by atoms with E-state index in [1.807, 2.05) is 0 Å². The molecule has 0 saturated carbocycles. The molecule has 1 atom stereocenters. The molecule has 0 radical (unpaired) electrons. The summed E-state index contributed by atoms with van der Waals surface area (Å²) in [6, 6.07) is -0.262. The van der Waals surface area contributed by atoms with E-state index >= 15 is 0 Å². The highest BCUT2D eigenvalue weighted by Crippen LogP contribution is 2.04. The average Bonchev–Trinajstić information content (AvgIpc) is 2.71. The number of carbonyl (C=O) groups is 3. The quantitative estimate of drug-likeness (QED) is 0.474. The van der Waals surface area contributed by atoms with Gasteiger partial charge in [0.15, 0.2) is 0 Å². The van der Waals surface area contributed by atoms with E-state index in [9.17, 15) is 14.4 Å². The lowest BCUT2D eigenvalue weighted by atomic mass is 10.2. The molecule has 0 aromatic carbocycles. The minimum absolute atomic E-state index is 0.0234. The summed E-state index contributed by atoms with van der Waals surface area (Å²) in [7, 11) is 0. The molecule has 1 unspecified atom stereocenters. The third-order valence-corrected chi connectivity index (χ3v) is 2.70.